The highest BCUT2D eigenvalue weighted by Crippen LogP contribution is 2.31. The fourth-order valence-electron chi connectivity index (χ4n) is 2.63. The molecule has 3 aromatic rings. The minimum absolute atomic E-state index is 0.0965. The molecule has 5 nitrogen and oxygen atoms in total. The molecule has 152 valence electrons. The highest BCUT2D eigenvalue weighted by atomic mass is 32.2. The number of thioether (sulfide) groups is 1. The highest BCUT2D eigenvalue weighted by Gasteiger charge is 2.30. The van der Waals surface area contributed by atoms with Crippen molar-refractivity contribution in [3.63, 3.8) is 0 Å². The van der Waals surface area contributed by atoms with E-state index >= 15 is 0 Å². The molecular weight excluding hydrogens is 401 g/mol. The second kappa shape index (κ2) is 8.69. The molecule has 1 amide bonds. The molecule has 0 bridgehead atoms. The minimum Gasteiger partial charge on any atom is -0.325 e. The number of aryl methyl sites for hydroxylation is 1. The zero-order chi connectivity index (χ0) is 21.0. The van der Waals surface area contributed by atoms with Gasteiger partial charge in [-0.3, -0.25) is 4.79 Å². The summed E-state index contributed by atoms with van der Waals surface area (Å²) in [7, 11) is 0. The first-order valence-electron chi connectivity index (χ1n) is 8.82. The lowest BCUT2D eigenvalue weighted by atomic mass is 10.2. The summed E-state index contributed by atoms with van der Waals surface area (Å²) in [5, 5.41) is 10.7. The molecule has 0 fully saturated rings. The molecule has 0 aliphatic rings. The van der Waals surface area contributed by atoms with Gasteiger partial charge in [-0.05, 0) is 37.6 Å². The van der Waals surface area contributed by atoms with Gasteiger partial charge >= 0.3 is 6.18 Å². The number of halogens is 3. The second-order valence-corrected chi connectivity index (χ2v) is 7.74. The molecule has 0 saturated carbocycles. The van der Waals surface area contributed by atoms with E-state index in [9.17, 15) is 18.0 Å². The summed E-state index contributed by atoms with van der Waals surface area (Å²) in [5.74, 6) is 0.295. The Labute approximate surface area is 170 Å². The van der Waals surface area contributed by atoms with Crippen molar-refractivity contribution in [1.82, 2.24) is 14.8 Å². The molecule has 2 aromatic carbocycles. The molecule has 0 spiro atoms. The topological polar surface area (TPSA) is 59.8 Å². The van der Waals surface area contributed by atoms with Gasteiger partial charge in [-0.1, -0.05) is 48.2 Å². The van der Waals surface area contributed by atoms with Crippen molar-refractivity contribution in [1.29, 1.82) is 0 Å². The van der Waals surface area contributed by atoms with Crippen LogP contribution in [0.4, 0.5) is 18.9 Å². The second-order valence-electron chi connectivity index (χ2n) is 6.43. The number of carbonyl (C=O) groups is 1. The van der Waals surface area contributed by atoms with E-state index in [4.69, 9.17) is 0 Å². The van der Waals surface area contributed by atoms with Crippen molar-refractivity contribution >= 4 is 23.4 Å². The summed E-state index contributed by atoms with van der Waals surface area (Å²) >= 11 is 1.20. The van der Waals surface area contributed by atoms with Gasteiger partial charge in [0.1, 0.15) is 5.82 Å². The highest BCUT2D eigenvalue weighted by molar-refractivity contribution is 8.00. The predicted molar refractivity (Wildman–Crippen MR) is 106 cm³/mol. The van der Waals surface area contributed by atoms with Crippen LogP contribution < -0.4 is 5.32 Å². The van der Waals surface area contributed by atoms with Crippen molar-refractivity contribution in [3.8, 4) is 0 Å². The Bertz CT molecular complexity index is 989. The van der Waals surface area contributed by atoms with Crippen LogP contribution in [0.25, 0.3) is 0 Å². The van der Waals surface area contributed by atoms with Gasteiger partial charge in [0.25, 0.3) is 0 Å². The lowest BCUT2D eigenvalue weighted by molar-refractivity contribution is -0.137. The Morgan fingerprint density at radius 2 is 1.86 bits per heavy atom. The fourth-order valence-corrected chi connectivity index (χ4v) is 3.52. The third kappa shape index (κ3) is 5.38. The number of carbonyl (C=O) groups excluding carboxylic acids is 1. The van der Waals surface area contributed by atoms with Crippen LogP contribution in [0, 0.1) is 6.92 Å². The van der Waals surface area contributed by atoms with Gasteiger partial charge in [-0.15, -0.1) is 10.2 Å². The average molecular weight is 420 g/mol. The molecule has 3 rings (SSSR count). The Kier molecular flexibility index (Phi) is 6.26. The summed E-state index contributed by atoms with van der Waals surface area (Å²) in [6.07, 6.45) is -4.47. The zero-order valence-electron chi connectivity index (χ0n) is 15.8. The number of anilines is 1. The number of alkyl halides is 3. The quantitative estimate of drug-likeness (QED) is 0.584. The third-order valence-electron chi connectivity index (χ3n) is 4.19. The van der Waals surface area contributed by atoms with Crippen LogP contribution in [-0.4, -0.2) is 25.9 Å². The van der Waals surface area contributed by atoms with E-state index in [-0.39, 0.29) is 5.69 Å². The molecule has 0 aliphatic heterocycles. The standard InChI is InChI=1S/C20H19F3N4OS/c1-13(18(28)24-17-10-6-9-16(11-17)20(21,22)23)29-19-26-25-14(2)27(19)12-15-7-4-3-5-8-15/h3-11,13H,12H2,1-2H3,(H,24,28)/t13-/m0/s1. The van der Waals surface area contributed by atoms with Crippen LogP contribution in [0.3, 0.4) is 0 Å². The Balaban J connectivity index is 1.69. The van der Waals surface area contributed by atoms with E-state index < -0.39 is 22.9 Å². The summed E-state index contributed by atoms with van der Waals surface area (Å²) in [6, 6.07) is 14.3. The maximum absolute atomic E-state index is 12.8. The molecule has 29 heavy (non-hydrogen) atoms. The van der Waals surface area contributed by atoms with Crippen LogP contribution in [0.15, 0.2) is 59.8 Å². The van der Waals surface area contributed by atoms with Gasteiger partial charge in [0, 0.05) is 5.69 Å². The molecule has 1 aromatic heterocycles. The van der Waals surface area contributed by atoms with Crippen LogP contribution in [0.2, 0.25) is 0 Å². The first kappa shape index (κ1) is 20.9. The van der Waals surface area contributed by atoms with Crippen molar-refractivity contribution in [3.05, 3.63) is 71.5 Å². The van der Waals surface area contributed by atoms with Crippen LogP contribution in [0.5, 0.6) is 0 Å². The van der Waals surface area contributed by atoms with E-state index in [1.807, 2.05) is 41.8 Å². The number of benzene rings is 2. The van der Waals surface area contributed by atoms with E-state index in [2.05, 4.69) is 15.5 Å². The van der Waals surface area contributed by atoms with Gasteiger partial charge < -0.3 is 9.88 Å². The van der Waals surface area contributed by atoms with Crippen molar-refractivity contribution in [2.45, 2.75) is 37.0 Å². The molecular formula is C20H19F3N4OS. The number of hydrogen-bond donors (Lipinski definition) is 1. The summed E-state index contributed by atoms with van der Waals surface area (Å²) < 4.78 is 40.4. The van der Waals surface area contributed by atoms with Gasteiger partial charge in [-0.2, -0.15) is 13.2 Å². The molecule has 1 N–H and O–H groups in total. The summed E-state index contributed by atoms with van der Waals surface area (Å²) in [6.45, 7) is 4.06. The number of hydrogen-bond acceptors (Lipinski definition) is 4. The number of amides is 1. The third-order valence-corrected chi connectivity index (χ3v) is 5.27. The minimum atomic E-state index is -4.47. The lowest BCUT2D eigenvalue weighted by Gasteiger charge is -2.14. The van der Waals surface area contributed by atoms with E-state index in [0.717, 1.165) is 17.7 Å². The SMILES string of the molecule is Cc1nnc(S[C@@H](C)C(=O)Nc2cccc(C(F)(F)F)c2)n1Cc1ccccc1. The number of aromatic nitrogens is 3. The van der Waals surface area contributed by atoms with Crippen molar-refractivity contribution < 1.29 is 18.0 Å². The molecule has 0 radical (unpaired) electrons. The van der Waals surface area contributed by atoms with Crippen molar-refractivity contribution in [2.24, 2.45) is 0 Å². The predicted octanol–water partition coefficient (Wildman–Crippen LogP) is 4.77. The maximum Gasteiger partial charge on any atom is 0.416 e. The molecule has 9 heteroatoms. The van der Waals surface area contributed by atoms with Crippen LogP contribution in [-0.2, 0) is 17.5 Å². The van der Waals surface area contributed by atoms with Crippen LogP contribution >= 0.6 is 11.8 Å². The van der Waals surface area contributed by atoms with E-state index in [1.165, 1.54) is 23.9 Å². The average Bonchev–Trinajstić information content (AvgIpc) is 3.02. The molecule has 1 heterocycles. The lowest BCUT2D eigenvalue weighted by Crippen LogP contribution is -2.23. The van der Waals surface area contributed by atoms with Gasteiger partial charge in [0.05, 0.1) is 17.4 Å². The monoisotopic (exact) mass is 420 g/mol. The number of nitrogens with one attached hydrogen (secondary N) is 1. The van der Waals surface area contributed by atoms with Crippen LogP contribution in [0.1, 0.15) is 23.9 Å². The summed E-state index contributed by atoms with van der Waals surface area (Å²) in [4.78, 5) is 12.5. The molecule has 0 unspecified atom stereocenters. The normalized spacial score (nSPS) is 12.6. The first-order chi connectivity index (χ1) is 13.7. The fraction of sp³-hybridized carbons (Fsp3) is 0.250. The smallest absolute Gasteiger partial charge is 0.325 e. The Morgan fingerprint density at radius 1 is 1.14 bits per heavy atom. The van der Waals surface area contributed by atoms with Gasteiger partial charge in [0.15, 0.2) is 5.16 Å². The number of rotatable bonds is 6. The van der Waals surface area contributed by atoms with E-state index in [0.29, 0.717) is 17.5 Å². The summed E-state index contributed by atoms with van der Waals surface area (Å²) in [5.41, 5.74) is 0.353. The molecule has 0 aliphatic carbocycles. The van der Waals surface area contributed by atoms with Gasteiger partial charge in [0.2, 0.25) is 5.91 Å². The van der Waals surface area contributed by atoms with E-state index in [1.54, 1.807) is 6.92 Å². The molecule has 1 atom stereocenters. The number of nitrogens with zero attached hydrogens (tertiary/aromatic N) is 3. The molecule has 0 saturated heterocycles. The van der Waals surface area contributed by atoms with Crippen molar-refractivity contribution in [2.75, 3.05) is 5.32 Å². The van der Waals surface area contributed by atoms with Gasteiger partial charge in [-0.25, -0.2) is 0 Å². The zero-order valence-corrected chi connectivity index (χ0v) is 16.6. The Hall–Kier alpha value is -2.81. The first-order valence-corrected chi connectivity index (χ1v) is 9.70. The maximum atomic E-state index is 12.8. The Morgan fingerprint density at radius 3 is 2.55 bits per heavy atom. The largest absolute Gasteiger partial charge is 0.416 e.